The minimum absolute atomic E-state index is 0.0121. The van der Waals surface area contributed by atoms with Crippen molar-refractivity contribution in [3.63, 3.8) is 0 Å². The Bertz CT molecular complexity index is 652. The third-order valence-corrected chi connectivity index (χ3v) is 3.68. The molecule has 2 N–H and O–H groups in total. The fourth-order valence-electron chi connectivity index (χ4n) is 1.92. The highest BCUT2D eigenvalue weighted by Crippen LogP contribution is 2.33. The van der Waals surface area contributed by atoms with Crippen molar-refractivity contribution in [3.8, 4) is 0 Å². The predicted octanol–water partition coefficient (Wildman–Crippen LogP) is 2.91. The van der Waals surface area contributed by atoms with Crippen molar-refractivity contribution in [2.24, 2.45) is 5.73 Å². The zero-order valence-corrected chi connectivity index (χ0v) is 11.8. The maximum Gasteiger partial charge on any atom is 0.252 e. The van der Waals surface area contributed by atoms with Gasteiger partial charge in [-0.05, 0) is 17.7 Å². The maximum absolute atomic E-state index is 12.2. The highest BCUT2D eigenvalue weighted by molar-refractivity contribution is 7.94. The second-order valence-corrected chi connectivity index (χ2v) is 5.09. The second kappa shape index (κ2) is 5.97. The highest BCUT2D eigenvalue weighted by Gasteiger charge is 2.39. The van der Waals surface area contributed by atoms with Gasteiger partial charge in [-0.15, -0.1) is 0 Å². The van der Waals surface area contributed by atoms with E-state index >= 15 is 0 Å². The molecule has 0 aliphatic carbocycles. The van der Waals surface area contributed by atoms with E-state index in [0.717, 1.165) is 17.6 Å². The Balaban J connectivity index is 1.60. The summed E-state index contributed by atoms with van der Waals surface area (Å²) in [6.07, 6.45) is 0.623. The van der Waals surface area contributed by atoms with Gasteiger partial charge in [-0.2, -0.15) is 0 Å². The molecule has 0 spiro atoms. The molecule has 2 aromatic rings. The normalized spacial score (nSPS) is 17.9. The molecule has 0 amide bonds. The van der Waals surface area contributed by atoms with Crippen molar-refractivity contribution in [1.82, 2.24) is 0 Å². The first-order valence-corrected chi connectivity index (χ1v) is 7.24. The van der Waals surface area contributed by atoms with Crippen LogP contribution < -0.4 is 5.73 Å². The molecule has 6 heteroatoms. The molecule has 0 bridgehead atoms. The Morgan fingerprint density at radius 2 is 2.00 bits per heavy atom. The van der Waals surface area contributed by atoms with Crippen LogP contribution in [-0.4, -0.2) is 5.78 Å². The van der Waals surface area contributed by atoms with Crippen molar-refractivity contribution in [2.45, 2.75) is 11.9 Å². The Hall–Kier alpha value is -2.34. The lowest BCUT2D eigenvalue weighted by molar-refractivity contribution is -0.123. The molecule has 0 saturated heterocycles. The Morgan fingerprint density at radius 1 is 1.19 bits per heavy atom. The smallest absolute Gasteiger partial charge is 0.252 e. The standard InChI is InChI=1S/C15H13NO4S/c16-15-14(20-21-9-10-5-2-1-3-6-10)12(17)13(19-15)11-7-4-8-18-11/h1-8,13H,9,16H2. The van der Waals surface area contributed by atoms with Crippen LogP contribution in [-0.2, 0) is 19.5 Å². The second-order valence-electron chi connectivity index (χ2n) is 4.40. The van der Waals surface area contributed by atoms with E-state index in [2.05, 4.69) is 0 Å². The lowest BCUT2D eigenvalue weighted by atomic mass is 10.2. The lowest BCUT2D eigenvalue weighted by Gasteiger charge is -2.05. The largest absolute Gasteiger partial charge is 0.465 e. The van der Waals surface area contributed by atoms with Crippen molar-refractivity contribution in [2.75, 3.05) is 0 Å². The number of nitrogens with two attached hydrogens (primary N) is 1. The van der Waals surface area contributed by atoms with E-state index in [1.807, 2.05) is 30.3 Å². The van der Waals surface area contributed by atoms with E-state index in [1.165, 1.54) is 6.26 Å². The van der Waals surface area contributed by atoms with Gasteiger partial charge in [0.2, 0.25) is 17.7 Å². The summed E-state index contributed by atoms with van der Waals surface area (Å²) in [7, 11) is 0. The van der Waals surface area contributed by atoms with Crippen LogP contribution in [0.4, 0.5) is 0 Å². The summed E-state index contributed by atoms with van der Waals surface area (Å²) < 4.78 is 15.9. The summed E-state index contributed by atoms with van der Waals surface area (Å²) in [5, 5.41) is 0. The summed E-state index contributed by atoms with van der Waals surface area (Å²) >= 11 is 1.14. The molecule has 1 aromatic carbocycles. The van der Waals surface area contributed by atoms with Crippen LogP contribution in [0, 0.1) is 0 Å². The summed E-state index contributed by atoms with van der Waals surface area (Å²) in [6, 6.07) is 13.1. The SMILES string of the molecule is NC1=C(OSCc2ccccc2)C(=O)C(c2ccco2)O1. The fraction of sp³-hybridized carbons (Fsp3) is 0.133. The zero-order valence-electron chi connectivity index (χ0n) is 11.0. The number of benzene rings is 1. The number of hydrogen-bond acceptors (Lipinski definition) is 6. The Kier molecular flexibility index (Phi) is 3.87. The molecule has 108 valence electrons. The molecular weight excluding hydrogens is 290 g/mol. The average Bonchev–Trinajstić information content (AvgIpc) is 3.11. The maximum atomic E-state index is 12.2. The first kappa shape index (κ1) is 13.6. The first-order chi connectivity index (χ1) is 10.3. The van der Waals surface area contributed by atoms with Crippen molar-refractivity contribution < 1.29 is 18.1 Å². The minimum atomic E-state index is -0.854. The summed E-state index contributed by atoms with van der Waals surface area (Å²) in [5.74, 6) is 0.716. The molecule has 1 aromatic heterocycles. The van der Waals surface area contributed by atoms with Crippen LogP contribution in [0.3, 0.4) is 0 Å². The molecule has 0 fully saturated rings. The minimum Gasteiger partial charge on any atom is -0.465 e. The van der Waals surface area contributed by atoms with Crippen LogP contribution in [0.15, 0.2) is 64.8 Å². The number of rotatable bonds is 5. The quantitative estimate of drug-likeness (QED) is 0.856. The van der Waals surface area contributed by atoms with E-state index in [-0.39, 0.29) is 17.4 Å². The van der Waals surface area contributed by atoms with Crippen molar-refractivity contribution >= 4 is 17.8 Å². The van der Waals surface area contributed by atoms with Crippen LogP contribution in [0.25, 0.3) is 0 Å². The third kappa shape index (κ3) is 2.90. The predicted molar refractivity (Wildman–Crippen MR) is 77.6 cm³/mol. The molecule has 0 radical (unpaired) electrons. The van der Waals surface area contributed by atoms with E-state index in [9.17, 15) is 4.79 Å². The molecule has 2 heterocycles. The molecule has 1 unspecified atom stereocenters. The van der Waals surface area contributed by atoms with E-state index in [1.54, 1.807) is 12.1 Å². The van der Waals surface area contributed by atoms with Gasteiger partial charge in [0.15, 0.2) is 5.76 Å². The van der Waals surface area contributed by atoms with E-state index in [0.29, 0.717) is 11.5 Å². The molecule has 21 heavy (non-hydrogen) atoms. The average molecular weight is 303 g/mol. The lowest BCUT2D eigenvalue weighted by Crippen LogP contribution is -2.09. The van der Waals surface area contributed by atoms with Crippen molar-refractivity contribution in [1.29, 1.82) is 0 Å². The van der Waals surface area contributed by atoms with Gasteiger partial charge in [0.05, 0.1) is 24.1 Å². The van der Waals surface area contributed by atoms with Crippen LogP contribution in [0.5, 0.6) is 0 Å². The van der Waals surface area contributed by atoms with Gasteiger partial charge in [-0.25, -0.2) is 0 Å². The molecule has 1 aliphatic heterocycles. The molecule has 5 nitrogen and oxygen atoms in total. The molecule has 0 saturated carbocycles. The van der Waals surface area contributed by atoms with Gasteiger partial charge in [-0.3, -0.25) is 4.79 Å². The van der Waals surface area contributed by atoms with Gasteiger partial charge in [0.1, 0.15) is 0 Å². The molecule has 1 aliphatic rings. The number of ketones is 1. The molecular formula is C15H13NO4S. The molecule has 1 atom stereocenters. The van der Waals surface area contributed by atoms with Crippen molar-refractivity contribution in [3.05, 3.63) is 71.7 Å². The van der Waals surface area contributed by atoms with E-state index in [4.69, 9.17) is 19.1 Å². The number of Topliss-reactive ketones (excluding diaryl/α,β-unsaturated/α-hetero) is 1. The van der Waals surface area contributed by atoms with Gasteiger partial charge in [0.25, 0.3) is 5.78 Å². The first-order valence-electron chi connectivity index (χ1n) is 6.33. The number of ether oxygens (including phenoxy) is 1. The van der Waals surface area contributed by atoms with Crippen LogP contribution >= 0.6 is 12.0 Å². The van der Waals surface area contributed by atoms with Gasteiger partial charge in [-0.1, -0.05) is 30.3 Å². The zero-order chi connectivity index (χ0) is 14.7. The van der Waals surface area contributed by atoms with Gasteiger partial charge in [0, 0.05) is 0 Å². The summed E-state index contributed by atoms with van der Waals surface area (Å²) in [4.78, 5) is 12.2. The topological polar surface area (TPSA) is 74.7 Å². The summed E-state index contributed by atoms with van der Waals surface area (Å²) in [5.41, 5.74) is 6.80. The molecule has 3 rings (SSSR count). The number of hydrogen-bond donors (Lipinski definition) is 1. The number of carbonyl (C=O) groups is 1. The monoisotopic (exact) mass is 303 g/mol. The summed E-state index contributed by atoms with van der Waals surface area (Å²) in [6.45, 7) is 0. The van der Waals surface area contributed by atoms with Gasteiger partial charge >= 0.3 is 0 Å². The fourth-order valence-corrected chi connectivity index (χ4v) is 2.58. The van der Waals surface area contributed by atoms with Gasteiger partial charge < -0.3 is 19.1 Å². The van der Waals surface area contributed by atoms with Crippen LogP contribution in [0.1, 0.15) is 17.4 Å². The number of carbonyl (C=O) groups excluding carboxylic acids is 1. The number of furan rings is 1. The van der Waals surface area contributed by atoms with E-state index < -0.39 is 6.10 Å². The van der Waals surface area contributed by atoms with Crippen LogP contribution in [0.2, 0.25) is 0 Å². The Labute approximate surface area is 125 Å². The Morgan fingerprint density at radius 3 is 2.71 bits per heavy atom. The third-order valence-electron chi connectivity index (χ3n) is 2.94. The highest BCUT2D eigenvalue weighted by atomic mass is 32.2.